The molecule has 7 heteroatoms. The molecule has 0 radical (unpaired) electrons. The first kappa shape index (κ1) is 15.9. The molecule has 140 valence electrons. The van der Waals surface area contributed by atoms with Crippen LogP contribution >= 0.6 is 0 Å². The van der Waals surface area contributed by atoms with Gasteiger partial charge in [-0.1, -0.05) is 36.4 Å². The number of rotatable bonds is 2. The predicted octanol–water partition coefficient (Wildman–Crippen LogP) is 4.38. The number of furan rings is 1. The van der Waals surface area contributed by atoms with Gasteiger partial charge >= 0.3 is 0 Å². The fourth-order valence-electron chi connectivity index (χ4n) is 3.76. The fraction of sp³-hybridized carbons (Fsp3) is 0.0455. The lowest BCUT2D eigenvalue weighted by atomic mass is 9.87. The van der Waals surface area contributed by atoms with E-state index in [-0.39, 0.29) is 11.7 Å². The van der Waals surface area contributed by atoms with Gasteiger partial charge < -0.3 is 14.3 Å². The lowest BCUT2D eigenvalue weighted by molar-refractivity contribution is 0.409. The van der Waals surface area contributed by atoms with E-state index in [0.29, 0.717) is 23.1 Å². The molecule has 2 aromatic carbocycles. The SMILES string of the molecule is Oc1ccc2c(c1)Oc1ncn3nc(-c4ccccc4)nc3c1[C@H]2c1ccco1. The van der Waals surface area contributed by atoms with Gasteiger partial charge in [-0.2, -0.15) is 0 Å². The lowest BCUT2D eigenvalue weighted by Gasteiger charge is -2.26. The third kappa shape index (κ3) is 2.41. The van der Waals surface area contributed by atoms with Gasteiger partial charge in [0.1, 0.15) is 23.6 Å². The molecule has 5 aromatic rings. The van der Waals surface area contributed by atoms with Crippen LogP contribution in [0.15, 0.2) is 77.7 Å². The smallest absolute Gasteiger partial charge is 0.228 e. The first-order valence-electron chi connectivity index (χ1n) is 9.13. The summed E-state index contributed by atoms with van der Waals surface area (Å²) in [6, 6.07) is 18.6. The Morgan fingerprint density at radius 3 is 2.72 bits per heavy atom. The summed E-state index contributed by atoms with van der Waals surface area (Å²) >= 11 is 0. The minimum Gasteiger partial charge on any atom is -0.508 e. The Morgan fingerprint density at radius 2 is 1.90 bits per heavy atom. The van der Waals surface area contributed by atoms with Gasteiger partial charge in [-0.3, -0.25) is 0 Å². The highest BCUT2D eigenvalue weighted by molar-refractivity contribution is 5.68. The molecule has 1 aliphatic rings. The average Bonchev–Trinajstić information content (AvgIpc) is 3.42. The highest BCUT2D eigenvalue weighted by Crippen LogP contribution is 2.48. The van der Waals surface area contributed by atoms with Crippen LogP contribution in [0, 0.1) is 0 Å². The van der Waals surface area contributed by atoms with E-state index in [1.165, 1.54) is 0 Å². The molecule has 1 atom stereocenters. The predicted molar refractivity (Wildman–Crippen MR) is 104 cm³/mol. The van der Waals surface area contributed by atoms with Crippen LogP contribution in [0.5, 0.6) is 17.4 Å². The van der Waals surface area contributed by atoms with E-state index in [0.717, 1.165) is 22.5 Å². The van der Waals surface area contributed by atoms with Crippen LogP contribution in [0.25, 0.3) is 17.0 Å². The molecule has 0 bridgehead atoms. The molecule has 1 aliphatic heterocycles. The zero-order valence-electron chi connectivity index (χ0n) is 15.1. The second kappa shape index (κ2) is 5.93. The normalized spacial score (nSPS) is 15.0. The summed E-state index contributed by atoms with van der Waals surface area (Å²) in [5.41, 5.74) is 3.20. The molecule has 1 N–H and O–H groups in total. The van der Waals surface area contributed by atoms with Crippen molar-refractivity contribution in [2.45, 2.75) is 5.92 Å². The summed E-state index contributed by atoms with van der Waals surface area (Å²) < 4.78 is 13.4. The van der Waals surface area contributed by atoms with Gasteiger partial charge in [0.15, 0.2) is 11.5 Å². The average molecular weight is 382 g/mol. The van der Waals surface area contributed by atoms with Crippen LogP contribution in [0.2, 0.25) is 0 Å². The zero-order valence-corrected chi connectivity index (χ0v) is 15.1. The number of fused-ring (bicyclic) bond motifs is 4. The van der Waals surface area contributed by atoms with Crippen LogP contribution in [0.4, 0.5) is 0 Å². The van der Waals surface area contributed by atoms with Crippen molar-refractivity contribution in [1.29, 1.82) is 0 Å². The number of phenolic OH excluding ortho intramolecular Hbond substituents is 1. The fourth-order valence-corrected chi connectivity index (χ4v) is 3.76. The highest BCUT2D eigenvalue weighted by Gasteiger charge is 2.35. The monoisotopic (exact) mass is 382 g/mol. The molecule has 3 aromatic heterocycles. The molecular formula is C22H14N4O3. The van der Waals surface area contributed by atoms with E-state index >= 15 is 0 Å². The Labute approximate surface area is 164 Å². The van der Waals surface area contributed by atoms with E-state index in [1.54, 1.807) is 29.2 Å². The molecule has 0 fully saturated rings. The topological polar surface area (TPSA) is 85.7 Å². The van der Waals surface area contributed by atoms with Crippen molar-refractivity contribution in [2.75, 3.05) is 0 Å². The van der Waals surface area contributed by atoms with E-state index in [9.17, 15) is 5.11 Å². The van der Waals surface area contributed by atoms with Crippen LogP contribution in [-0.2, 0) is 0 Å². The number of nitrogens with zero attached hydrogens (tertiary/aromatic N) is 4. The van der Waals surface area contributed by atoms with Crippen molar-refractivity contribution < 1.29 is 14.3 Å². The number of aromatic hydroxyl groups is 1. The quantitative estimate of drug-likeness (QED) is 0.478. The van der Waals surface area contributed by atoms with Crippen molar-refractivity contribution in [3.8, 4) is 28.8 Å². The molecule has 29 heavy (non-hydrogen) atoms. The number of aromatic nitrogens is 4. The number of benzene rings is 2. The first-order valence-corrected chi connectivity index (χ1v) is 9.13. The summed E-state index contributed by atoms with van der Waals surface area (Å²) in [6.45, 7) is 0. The van der Waals surface area contributed by atoms with Gasteiger partial charge in [0.25, 0.3) is 0 Å². The van der Waals surface area contributed by atoms with E-state index in [4.69, 9.17) is 14.1 Å². The van der Waals surface area contributed by atoms with Crippen LogP contribution in [-0.4, -0.2) is 24.7 Å². The van der Waals surface area contributed by atoms with E-state index in [1.807, 2.05) is 48.5 Å². The van der Waals surface area contributed by atoms with Crippen molar-refractivity contribution in [3.63, 3.8) is 0 Å². The highest BCUT2D eigenvalue weighted by atomic mass is 16.5. The molecule has 0 saturated carbocycles. The zero-order chi connectivity index (χ0) is 19.4. The molecule has 0 saturated heterocycles. The van der Waals surface area contributed by atoms with E-state index < -0.39 is 0 Å². The van der Waals surface area contributed by atoms with Gasteiger partial charge in [-0.05, 0) is 18.2 Å². The van der Waals surface area contributed by atoms with Gasteiger partial charge in [0.2, 0.25) is 5.88 Å². The van der Waals surface area contributed by atoms with Gasteiger partial charge in [0, 0.05) is 17.2 Å². The molecule has 4 heterocycles. The molecule has 0 amide bonds. The summed E-state index contributed by atoms with van der Waals surface area (Å²) in [4.78, 5) is 9.25. The van der Waals surface area contributed by atoms with Crippen LogP contribution in [0.3, 0.4) is 0 Å². The minimum atomic E-state index is -0.284. The van der Waals surface area contributed by atoms with Crippen molar-refractivity contribution >= 4 is 5.65 Å². The Hall–Kier alpha value is -4.13. The number of hydrogen-bond acceptors (Lipinski definition) is 6. The molecule has 7 nitrogen and oxygen atoms in total. The summed E-state index contributed by atoms with van der Waals surface area (Å²) in [5, 5.41) is 14.5. The standard InChI is InChI=1S/C22H14N4O3/c27-14-8-9-15-17(11-14)29-22-19(18(15)16-7-4-10-28-16)21-24-20(25-26(21)12-23-22)13-5-2-1-3-6-13/h1-12,18,27H/t18-/m1/s1. The maximum absolute atomic E-state index is 9.90. The van der Waals surface area contributed by atoms with Crippen molar-refractivity contribution in [1.82, 2.24) is 19.6 Å². The summed E-state index contributed by atoms with van der Waals surface area (Å²) in [5.74, 6) is 2.15. The molecule has 0 spiro atoms. The maximum atomic E-state index is 9.90. The Kier molecular flexibility index (Phi) is 3.25. The van der Waals surface area contributed by atoms with Gasteiger partial charge in [-0.25, -0.2) is 14.5 Å². The van der Waals surface area contributed by atoms with Crippen molar-refractivity contribution in [2.24, 2.45) is 0 Å². The Balaban J connectivity index is 1.63. The second-order valence-corrected chi connectivity index (χ2v) is 6.81. The number of phenols is 1. The maximum Gasteiger partial charge on any atom is 0.228 e. The molecule has 0 aliphatic carbocycles. The number of hydrogen-bond donors (Lipinski definition) is 1. The number of ether oxygens (including phenoxy) is 1. The largest absolute Gasteiger partial charge is 0.508 e. The van der Waals surface area contributed by atoms with E-state index in [2.05, 4.69) is 10.1 Å². The lowest BCUT2D eigenvalue weighted by Crippen LogP contribution is -2.14. The van der Waals surface area contributed by atoms with Gasteiger partial charge in [-0.15, -0.1) is 5.10 Å². The Bertz CT molecular complexity index is 1340. The third-order valence-corrected chi connectivity index (χ3v) is 5.05. The molecular weight excluding hydrogens is 368 g/mol. The Morgan fingerprint density at radius 1 is 1.00 bits per heavy atom. The molecule has 0 unspecified atom stereocenters. The second-order valence-electron chi connectivity index (χ2n) is 6.81. The molecule has 6 rings (SSSR count). The summed E-state index contributed by atoms with van der Waals surface area (Å²) in [6.07, 6.45) is 3.22. The van der Waals surface area contributed by atoms with Gasteiger partial charge in [0.05, 0.1) is 17.7 Å². The third-order valence-electron chi connectivity index (χ3n) is 5.05. The van der Waals surface area contributed by atoms with Crippen LogP contribution in [0.1, 0.15) is 22.8 Å². The minimum absolute atomic E-state index is 0.125. The first-order chi connectivity index (χ1) is 14.3. The van der Waals surface area contributed by atoms with Crippen molar-refractivity contribution in [3.05, 3.63) is 90.1 Å². The summed E-state index contributed by atoms with van der Waals surface area (Å²) in [7, 11) is 0. The van der Waals surface area contributed by atoms with Crippen LogP contribution < -0.4 is 4.74 Å².